The van der Waals surface area contributed by atoms with E-state index in [2.05, 4.69) is 17.1 Å². The van der Waals surface area contributed by atoms with Crippen LogP contribution >= 0.6 is 0 Å². The van der Waals surface area contributed by atoms with Crippen LogP contribution in [0.2, 0.25) is 0 Å². The van der Waals surface area contributed by atoms with Gasteiger partial charge in [0.1, 0.15) is 0 Å². The predicted molar refractivity (Wildman–Crippen MR) is 83.2 cm³/mol. The van der Waals surface area contributed by atoms with Gasteiger partial charge in [0.2, 0.25) is 5.75 Å². The number of likely N-dealkylation sites (tertiary alicyclic amines) is 1. The van der Waals surface area contributed by atoms with Gasteiger partial charge in [0, 0.05) is 19.1 Å². The van der Waals surface area contributed by atoms with Gasteiger partial charge in [-0.15, -0.1) is 0 Å². The Labute approximate surface area is 126 Å². The standard InChI is InChI=1S/C16H26N2O3/c1-4-18-7-5-6-13(18)11-17-10-12-8-14(20-2)16(19)15(9-12)21-3/h8-9,13,17,19H,4-7,10-11H2,1-3H3. The number of phenolic OH excluding ortho intramolecular Hbond substituents is 1. The minimum atomic E-state index is 0.0525. The molecule has 1 unspecified atom stereocenters. The molecule has 1 fully saturated rings. The van der Waals surface area contributed by atoms with Gasteiger partial charge in [0.05, 0.1) is 14.2 Å². The van der Waals surface area contributed by atoms with Crippen molar-refractivity contribution >= 4 is 0 Å². The summed E-state index contributed by atoms with van der Waals surface area (Å²) >= 11 is 0. The van der Waals surface area contributed by atoms with Gasteiger partial charge < -0.3 is 19.9 Å². The van der Waals surface area contributed by atoms with Crippen molar-refractivity contribution in [3.63, 3.8) is 0 Å². The van der Waals surface area contributed by atoms with Crippen LogP contribution in [0.15, 0.2) is 12.1 Å². The summed E-state index contributed by atoms with van der Waals surface area (Å²) in [5.74, 6) is 0.945. The fourth-order valence-electron chi connectivity index (χ4n) is 2.98. The fourth-order valence-corrected chi connectivity index (χ4v) is 2.98. The number of hydrogen-bond acceptors (Lipinski definition) is 5. The zero-order valence-electron chi connectivity index (χ0n) is 13.2. The minimum Gasteiger partial charge on any atom is -0.502 e. The normalized spacial score (nSPS) is 18.9. The second kappa shape index (κ2) is 7.52. The molecule has 2 rings (SSSR count). The van der Waals surface area contributed by atoms with E-state index >= 15 is 0 Å². The highest BCUT2D eigenvalue weighted by Crippen LogP contribution is 2.37. The Morgan fingerprint density at radius 1 is 1.29 bits per heavy atom. The summed E-state index contributed by atoms with van der Waals surface area (Å²) in [4.78, 5) is 2.52. The largest absolute Gasteiger partial charge is 0.502 e. The monoisotopic (exact) mass is 294 g/mol. The Morgan fingerprint density at radius 2 is 1.95 bits per heavy atom. The molecule has 1 aromatic rings. The molecule has 1 atom stereocenters. The Morgan fingerprint density at radius 3 is 2.52 bits per heavy atom. The lowest BCUT2D eigenvalue weighted by atomic mass is 10.1. The number of methoxy groups -OCH3 is 2. The van der Waals surface area contributed by atoms with Crippen LogP contribution in [0, 0.1) is 0 Å². The highest BCUT2D eigenvalue weighted by atomic mass is 16.5. The zero-order valence-corrected chi connectivity index (χ0v) is 13.2. The van der Waals surface area contributed by atoms with E-state index in [0.717, 1.165) is 25.2 Å². The van der Waals surface area contributed by atoms with E-state index in [1.807, 2.05) is 12.1 Å². The van der Waals surface area contributed by atoms with Crippen LogP contribution in [0.25, 0.3) is 0 Å². The SMILES string of the molecule is CCN1CCCC1CNCc1cc(OC)c(O)c(OC)c1. The number of hydrogen-bond donors (Lipinski definition) is 2. The molecule has 118 valence electrons. The molecule has 1 heterocycles. The van der Waals surface area contributed by atoms with Crippen LogP contribution in [0.4, 0.5) is 0 Å². The summed E-state index contributed by atoms with van der Waals surface area (Å²) < 4.78 is 10.4. The maximum Gasteiger partial charge on any atom is 0.200 e. The first-order chi connectivity index (χ1) is 10.2. The molecule has 1 saturated heterocycles. The molecule has 0 saturated carbocycles. The summed E-state index contributed by atoms with van der Waals surface area (Å²) in [6.07, 6.45) is 2.56. The summed E-state index contributed by atoms with van der Waals surface area (Å²) in [6, 6.07) is 4.32. The van der Waals surface area contributed by atoms with E-state index < -0.39 is 0 Å². The summed E-state index contributed by atoms with van der Waals surface area (Å²) in [5, 5.41) is 13.4. The van der Waals surface area contributed by atoms with E-state index in [9.17, 15) is 5.11 Å². The number of benzene rings is 1. The Bertz CT molecular complexity index is 440. The summed E-state index contributed by atoms with van der Waals surface area (Å²) in [7, 11) is 3.09. The number of phenols is 1. The lowest BCUT2D eigenvalue weighted by molar-refractivity contribution is 0.260. The van der Waals surface area contributed by atoms with Crippen LogP contribution in [0.5, 0.6) is 17.2 Å². The molecule has 0 bridgehead atoms. The van der Waals surface area contributed by atoms with Crippen molar-refractivity contribution in [1.29, 1.82) is 0 Å². The first kappa shape index (κ1) is 15.9. The van der Waals surface area contributed by atoms with Gasteiger partial charge in [-0.05, 0) is 43.6 Å². The highest BCUT2D eigenvalue weighted by molar-refractivity contribution is 5.52. The number of nitrogens with zero attached hydrogens (tertiary/aromatic N) is 1. The molecule has 0 aromatic heterocycles. The van der Waals surface area contributed by atoms with Crippen LogP contribution in [-0.2, 0) is 6.54 Å². The molecular formula is C16H26N2O3. The van der Waals surface area contributed by atoms with Gasteiger partial charge in [0.25, 0.3) is 0 Å². The van der Waals surface area contributed by atoms with Crippen LogP contribution in [0.1, 0.15) is 25.3 Å². The molecule has 5 heteroatoms. The first-order valence-corrected chi connectivity index (χ1v) is 7.58. The molecule has 2 N–H and O–H groups in total. The maximum atomic E-state index is 9.90. The first-order valence-electron chi connectivity index (χ1n) is 7.58. The van der Waals surface area contributed by atoms with Crippen molar-refractivity contribution in [3.05, 3.63) is 17.7 Å². The molecular weight excluding hydrogens is 268 g/mol. The van der Waals surface area contributed by atoms with E-state index in [-0.39, 0.29) is 5.75 Å². The fraction of sp³-hybridized carbons (Fsp3) is 0.625. The zero-order chi connectivity index (χ0) is 15.2. The van der Waals surface area contributed by atoms with Crippen molar-refractivity contribution in [2.45, 2.75) is 32.4 Å². The molecule has 1 aliphatic heterocycles. The smallest absolute Gasteiger partial charge is 0.200 e. The minimum absolute atomic E-state index is 0.0525. The molecule has 1 aromatic carbocycles. The van der Waals surface area contributed by atoms with Crippen molar-refractivity contribution in [3.8, 4) is 17.2 Å². The molecule has 0 spiro atoms. The van der Waals surface area contributed by atoms with E-state index in [1.165, 1.54) is 19.4 Å². The second-order valence-electron chi connectivity index (χ2n) is 5.40. The Balaban J connectivity index is 1.94. The predicted octanol–water partition coefficient (Wildman–Crippen LogP) is 1.98. The van der Waals surface area contributed by atoms with Gasteiger partial charge in [-0.3, -0.25) is 4.90 Å². The number of aromatic hydroxyl groups is 1. The third kappa shape index (κ3) is 3.80. The van der Waals surface area contributed by atoms with Crippen molar-refractivity contribution in [1.82, 2.24) is 10.2 Å². The molecule has 0 radical (unpaired) electrons. The number of rotatable bonds is 7. The van der Waals surface area contributed by atoms with Crippen LogP contribution in [-0.4, -0.2) is 49.9 Å². The lowest BCUT2D eigenvalue weighted by Gasteiger charge is -2.23. The maximum absolute atomic E-state index is 9.90. The van der Waals surface area contributed by atoms with Gasteiger partial charge in [-0.2, -0.15) is 0 Å². The van der Waals surface area contributed by atoms with E-state index in [4.69, 9.17) is 9.47 Å². The third-order valence-electron chi connectivity index (χ3n) is 4.15. The van der Waals surface area contributed by atoms with Crippen LogP contribution < -0.4 is 14.8 Å². The van der Waals surface area contributed by atoms with Crippen molar-refractivity contribution in [2.24, 2.45) is 0 Å². The van der Waals surface area contributed by atoms with E-state index in [1.54, 1.807) is 14.2 Å². The number of nitrogens with one attached hydrogen (secondary N) is 1. The Kier molecular flexibility index (Phi) is 5.70. The highest BCUT2D eigenvalue weighted by Gasteiger charge is 2.22. The average Bonchev–Trinajstić information content (AvgIpc) is 2.96. The quantitative estimate of drug-likeness (QED) is 0.805. The topological polar surface area (TPSA) is 54.0 Å². The molecule has 1 aliphatic rings. The summed E-state index contributed by atoms with van der Waals surface area (Å²) in [5.41, 5.74) is 1.04. The van der Waals surface area contributed by atoms with Gasteiger partial charge in [-0.25, -0.2) is 0 Å². The van der Waals surface area contributed by atoms with Gasteiger partial charge in [-0.1, -0.05) is 6.92 Å². The third-order valence-corrected chi connectivity index (χ3v) is 4.15. The average molecular weight is 294 g/mol. The van der Waals surface area contributed by atoms with Gasteiger partial charge >= 0.3 is 0 Å². The molecule has 0 amide bonds. The molecule has 0 aliphatic carbocycles. The Hall–Kier alpha value is -1.46. The second-order valence-corrected chi connectivity index (χ2v) is 5.40. The van der Waals surface area contributed by atoms with Gasteiger partial charge in [0.15, 0.2) is 11.5 Å². The lowest BCUT2D eigenvalue weighted by Crippen LogP contribution is -2.37. The van der Waals surface area contributed by atoms with Crippen LogP contribution in [0.3, 0.4) is 0 Å². The molecule has 5 nitrogen and oxygen atoms in total. The summed E-state index contributed by atoms with van der Waals surface area (Å²) in [6.45, 7) is 6.27. The number of likely N-dealkylation sites (N-methyl/N-ethyl adjacent to an activating group) is 1. The van der Waals surface area contributed by atoms with E-state index in [0.29, 0.717) is 17.5 Å². The molecule has 21 heavy (non-hydrogen) atoms. The number of ether oxygens (including phenoxy) is 2. The van der Waals surface area contributed by atoms with Crippen molar-refractivity contribution in [2.75, 3.05) is 33.9 Å². The van der Waals surface area contributed by atoms with Crippen molar-refractivity contribution < 1.29 is 14.6 Å².